The lowest BCUT2D eigenvalue weighted by atomic mass is 9.93. The molecule has 2 atom stereocenters. The summed E-state index contributed by atoms with van der Waals surface area (Å²) in [5.74, 6) is -0.143. The summed E-state index contributed by atoms with van der Waals surface area (Å²) in [4.78, 5) is 46.5. The number of hydrogen-bond donors (Lipinski definition) is 1. The standard InChI is InChI=1S/C38H44N4O6/c1-38(2)36(44)41(17-8-18-46-3)33-20-27(15-16-34(33)48-38)42(26-13-14-26)35(43)24-19-25(39)22-40(21-24)37(45)47-23-32-30-11-6-4-9-28(30)29-10-5-7-12-31(29)32/h4-7,9-12,15-16,20,24-26,32H,8,13-14,17-19,21-23,39H2,1-3H3/t24-,25+/m1/s1. The lowest BCUT2D eigenvalue weighted by Gasteiger charge is -2.40. The van der Waals surface area contributed by atoms with E-state index in [2.05, 4.69) is 24.3 Å². The van der Waals surface area contributed by atoms with E-state index in [9.17, 15) is 14.4 Å². The van der Waals surface area contributed by atoms with E-state index >= 15 is 0 Å². The van der Waals surface area contributed by atoms with Crippen LogP contribution in [0.2, 0.25) is 0 Å². The van der Waals surface area contributed by atoms with E-state index in [1.54, 1.807) is 30.8 Å². The Morgan fingerprint density at radius 1 is 1.00 bits per heavy atom. The van der Waals surface area contributed by atoms with Gasteiger partial charge in [-0.3, -0.25) is 9.59 Å². The topological polar surface area (TPSA) is 115 Å². The van der Waals surface area contributed by atoms with Crippen molar-refractivity contribution in [2.75, 3.05) is 49.8 Å². The van der Waals surface area contributed by atoms with Crippen LogP contribution in [0, 0.1) is 5.92 Å². The van der Waals surface area contributed by atoms with Crippen LogP contribution in [0.4, 0.5) is 16.2 Å². The summed E-state index contributed by atoms with van der Waals surface area (Å²) in [6.07, 6.45) is 2.45. The van der Waals surface area contributed by atoms with E-state index in [4.69, 9.17) is 19.9 Å². The first-order chi connectivity index (χ1) is 23.2. The van der Waals surface area contributed by atoms with Gasteiger partial charge < -0.3 is 34.6 Å². The molecule has 2 heterocycles. The van der Waals surface area contributed by atoms with Gasteiger partial charge in [-0.1, -0.05) is 48.5 Å². The van der Waals surface area contributed by atoms with E-state index < -0.39 is 17.6 Å². The maximum absolute atomic E-state index is 14.3. The first kappa shape index (κ1) is 32.2. The number of fused-ring (bicyclic) bond motifs is 4. The summed E-state index contributed by atoms with van der Waals surface area (Å²) in [6.45, 7) is 5.30. The monoisotopic (exact) mass is 652 g/mol. The van der Waals surface area contributed by atoms with E-state index in [-0.39, 0.29) is 43.0 Å². The molecule has 0 spiro atoms. The molecule has 3 amide bonds. The average Bonchev–Trinajstić information content (AvgIpc) is 3.87. The Balaban J connectivity index is 1.08. The normalized spacial score (nSPS) is 21.2. The highest BCUT2D eigenvalue weighted by Crippen LogP contribution is 2.45. The predicted molar refractivity (Wildman–Crippen MR) is 183 cm³/mol. The van der Waals surface area contributed by atoms with Crippen molar-refractivity contribution in [1.29, 1.82) is 0 Å². The molecule has 2 N–H and O–H groups in total. The second kappa shape index (κ2) is 12.9. The highest BCUT2D eigenvalue weighted by Gasteiger charge is 2.44. The molecule has 1 saturated heterocycles. The van der Waals surface area contributed by atoms with Gasteiger partial charge in [0.2, 0.25) is 5.91 Å². The fourth-order valence-electron chi connectivity index (χ4n) is 7.49. The van der Waals surface area contributed by atoms with Crippen LogP contribution in [-0.2, 0) is 19.1 Å². The second-order valence-corrected chi connectivity index (χ2v) is 13.9. The Morgan fingerprint density at radius 3 is 2.35 bits per heavy atom. The molecular formula is C38H44N4O6. The molecule has 2 fully saturated rings. The summed E-state index contributed by atoms with van der Waals surface area (Å²) >= 11 is 0. The van der Waals surface area contributed by atoms with E-state index in [1.165, 1.54) is 11.1 Å². The summed E-state index contributed by atoms with van der Waals surface area (Å²) < 4.78 is 17.3. The van der Waals surface area contributed by atoms with Crippen molar-refractivity contribution in [3.05, 3.63) is 77.9 Å². The number of amides is 3. The Labute approximate surface area is 281 Å². The maximum Gasteiger partial charge on any atom is 0.409 e. The first-order valence-electron chi connectivity index (χ1n) is 17.0. The zero-order valence-corrected chi connectivity index (χ0v) is 27.9. The molecule has 4 aliphatic rings. The van der Waals surface area contributed by atoms with Crippen LogP contribution in [0.3, 0.4) is 0 Å². The van der Waals surface area contributed by atoms with Gasteiger partial charge in [-0.15, -0.1) is 0 Å². The third-order valence-electron chi connectivity index (χ3n) is 9.94. The van der Waals surface area contributed by atoms with Gasteiger partial charge in [0.05, 0.1) is 11.6 Å². The number of anilines is 2. The van der Waals surface area contributed by atoms with Gasteiger partial charge in [0.1, 0.15) is 12.4 Å². The zero-order valence-electron chi connectivity index (χ0n) is 27.9. The van der Waals surface area contributed by atoms with Gasteiger partial charge in [-0.2, -0.15) is 0 Å². The van der Waals surface area contributed by atoms with Crippen molar-refractivity contribution in [2.24, 2.45) is 11.7 Å². The van der Waals surface area contributed by atoms with Gasteiger partial charge in [-0.25, -0.2) is 4.79 Å². The third kappa shape index (κ3) is 6.03. The summed E-state index contributed by atoms with van der Waals surface area (Å²) in [6, 6.07) is 21.8. The van der Waals surface area contributed by atoms with E-state index in [0.29, 0.717) is 49.7 Å². The molecule has 252 valence electrons. The van der Waals surface area contributed by atoms with Crippen molar-refractivity contribution in [3.63, 3.8) is 0 Å². The van der Waals surface area contributed by atoms with Crippen LogP contribution in [-0.4, -0.2) is 80.5 Å². The van der Waals surface area contributed by atoms with Gasteiger partial charge in [0, 0.05) is 57.0 Å². The van der Waals surface area contributed by atoms with Crippen molar-refractivity contribution in [1.82, 2.24) is 4.90 Å². The number of methoxy groups -OCH3 is 1. The van der Waals surface area contributed by atoms with Crippen molar-refractivity contribution >= 4 is 29.3 Å². The SMILES string of the molecule is COCCCN1C(=O)C(C)(C)Oc2ccc(N(C(=O)[C@@H]3C[C@H](N)CN(C(=O)OCC4c5ccccc5-c5ccccc54)C3)C3CC3)cc21. The number of hydrogen-bond acceptors (Lipinski definition) is 7. The molecule has 3 aromatic rings. The molecule has 0 unspecified atom stereocenters. The van der Waals surface area contributed by atoms with Gasteiger partial charge in [-0.05, 0) is 80.0 Å². The third-order valence-corrected chi connectivity index (χ3v) is 9.94. The van der Waals surface area contributed by atoms with Crippen molar-refractivity contribution in [3.8, 4) is 16.9 Å². The number of carbonyl (C=O) groups is 3. The zero-order chi connectivity index (χ0) is 33.6. The summed E-state index contributed by atoms with van der Waals surface area (Å²) in [5, 5.41) is 0. The molecule has 7 rings (SSSR count). The molecule has 3 aromatic carbocycles. The van der Waals surface area contributed by atoms with Gasteiger partial charge in [0.25, 0.3) is 5.91 Å². The number of nitrogens with zero attached hydrogens (tertiary/aromatic N) is 3. The Kier molecular flexibility index (Phi) is 8.64. The van der Waals surface area contributed by atoms with Gasteiger partial charge in [0.15, 0.2) is 5.60 Å². The van der Waals surface area contributed by atoms with Crippen molar-refractivity contribution in [2.45, 2.75) is 63.1 Å². The van der Waals surface area contributed by atoms with Crippen LogP contribution in [0.15, 0.2) is 66.7 Å². The highest BCUT2D eigenvalue weighted by molar-refractivity contribution is 6.04. The van der Waals surface area contributed by atoms with Crippen LogP contribution >= 0.6 is 0 Å². The Bertz CT molecular complexity index is 1680. The predicted octanol–water partition coefficient (Wildman–Crippen LogP) is 5.32. The lowest BCUT2D eigenvalue weighted by molar-refractivity contribution is -0.132. The Morgan fingerprint density at radius 2 is 1.69 bits per heavy atom. The number of likely N-dealkylation sites (tertiary alicyclic amines) is 1. The molecule has 0 radical (unpaired) electrons. The second-order valence-electron chi connectivity index (χ2n) is 13.9. The fourth-order valence-corrected chi connectivity index (χ4v) is 7.49. The van der Waals surface area contributed by atoms with Crippen molar-refractivity contribution < 1.29 is 28.6 Å². The molecule has 2 aliphatic carbocycles. The molecule has 10 heteroatoms. The van der Waals surface area contributed by atoms with Gasteiger partial charge >= 0.3 is 6.09 Å². The number of rotatable bonds is 9. The molecule has 1 saturated carbocycles. The molecule has 0 bridgehead atoms. The summed E-state index contributed by atoms with van der Waals surface area (Å²) in [5.41, 5.74) is 11.5. The molecule has 0 aromatic heterocycles. The number of nitrogens with two attached hydrogens (primary N) is 1. The van der Waals surface area contributed by atoms with Crippen LogP contribution in [0.5, 0.6) is 5.75 Å². The molecular weight excluding hydrogens is 608 g/mol. The number of carbonyl (C=O) groups excluding carboxylic acids is 3. The highest BCUT2D eigenvalue weighted by atomic mass is 16.6. The lowest BCUT2D eigenvalue weighted by Crippen LogP contribution is -2.54. The average molecular weight is 653 g/mol. The van der Waals surface area contributed by atoms with Crippen LogP contribution in [0.1, 0.15) is 56.6 Å². The van der Waals surface area contributed by atoms with Crippen LogP contribution in [0.25, 0.3) is 11.1 Å². The van der Waals surface area contributed by atoms with E-state index in [1.807, 2.05) is 47.4 Å². The smallest absolute Gasteiger partial charge is 0.409 e. The Hall–Kier alpha value is -4.41. The minimum atomic E-state index is -1.01. The number of piperidine rings is 1. The minimum Gasteiger partial charge on any atom is -0.476 e. The fraction of sp³-hybridized carbons (Fsp3) is 0.447. The first-order valence-corrected chi connectivity index (χ1v) is 17.0. The largest absolute Gasteiger partial charge is 0.476 e. The number of benzene rings is 3. The quantitative estimate of drug-likeness (QED) is 0.311. The maximum atomic E-state index is 14.3. The van der Waals surface area contributed by atoms with E-state index in [0.717, 1.165) is 24.0 Å². The molecule has 2 aliphatic heterocycles. The minimum absolute atomic E-state index is 0.0511. The molecule has 48 heavy (non-hydrogen) atoms. The van der Waals surface area contributed by atoms with Crippen LogP contribution < -0.4 is 20.3 Å². The summed E-state index contributed by atoms with van der Waals surface area (Å²) in [7, 11) is 1.64. The molecule has 10 nitrogen and oxygen atoms in total. The number of ether oxygens (including phenoxy) is 3.